The van der Waals surface area contributed by atoms with Crippen molar-refractivity contribution in [3.63, 3.8) is 0 Å². The quantitative estimate of drug-likeness (QED) is 0.830. The number of carbonyl (C=O) groups is 1. The fourth-order valence-electron chi connectivity index (χ4n) is 2.12. The fraction of sp³-hybridized carbons (Fsp3) is 0.312. The number of amides is 1. The molecule has 0 saturated heterocycles. The van der Waals surface area contributed by atoms with Crippen molar-refractivity contribution in [1.82, 2.24) is 10.2 Å². The summed E-state index contributed by atoms with van der Waals surface area (Å²) >= 11 is 5.10. The third-order valence-corrected chi connectivity index (χ3v) is 4.96. The number of nitrogens with zero attached hydrogens (tertiary/aromatic N) is 1. The molecule has 1 aromatic carbocycles. The third-order valence-electron chi connectivity index (χ3n) is 3.36. The number of rotatable bonds is 6. The minimum absolute atomic E-state index is 0.0910. The lowest BCUT2D eigenvalue weighted by molar-refractivity contribution is 0.0942. The van der Waals surface area contributed by atoms with Crippen LogP contribution in [0.25, 0.3) is 0 Å². The minimum atomic E-state index is -0.0910. The molecule has 0 radical (unpaired) electrons. The molecule has 4 nitrogen and oxygen atoms in total. The van der Waals surface area contributed by atoms with E-state index in [9.17, 15) is 4.79 Å². The van der Waals surface area contributed by atoms with Crippen LogP contribution in [-0.2, 0) is 0 Å². The summed E-state index contributed by atoms with van der Waals surface area (Å²) in [6.07, 6.45) is 0. The predicted molar refractivity (Wildman–Crippen MR) is 93.8 cm³/mol. The van der Waals surface area contributed by atoms with Crippen LogP contribution in [0, 0.1) is 0 Å². The van der Waals surface area contributed by atoms with Gasteiger partial charge in [0.05, 0.1) is 17.6 Å². The molecule has 6 heteroatoms. The topological polar surface area (TPSA) is 41.6 Å². The number of methoxy groups -OCH3 is 1. The zero-order chi connectivity index (χ0) is 16.1. The first-order chi connectivity index (χ1) is 10.5. The standard InChI is InChI=1S/C16H19BrN2O2S/c1-19(2)13(15-5-4-8-22-15)10-18-16(20)11-6-7-14(21-3)12(17)9-11/h4-9,13H,10H2,1-3H3,(H,18,20)/t13-/m0/s1. The molecule has 22 heavy (non-hydrogen) atoms. The number of hydrogen-bond acceptors (Lipinski definition) is 4. The van der Waals surface area contributed by atoms with Gasteiger partial charge in [0.25, 0.3) is 5.91 Å². The number of thiophene rings is 1. The lowest BCUT2D eigenvalue weighted by atomic mass is 10.2. The number of likely N-dealkylation sites (N-methyl/N-ethyl adjacent to an activating group) is 1. The third kappa shape index (κ3) is 4.09. The van der Waals surface area contributed by atoms with Crippen LogP contribution in [0.15, 0.2) is 40.2 Å². The molecule has 0 saturated carbocycles. The Morgan fingerprint density at radius 3 is 2.73 bits per heavy atom. The zero-order valence-corrected chi connectivity index (χ0v) is 15.2. The highest BCUT2D eigenvalue weighted by Crippen LogP contribution is 2.26. The maximum atomic E-state index is 12.3. The molecule has 0 aliphatic carbocycles. The number of halogens is 1. The lowest BCUT2D eigenvalue weighted by Crippen LogP contribution is -2.34. The summed E-state index contributed by atoms with van der Waals surface area (Å²) in [4.78, 5) is 15.6. The molecule has 1 heterocycles. The van der Waals surface area contributed by atoms with Gasteiger partial charge in [0, 0.05) is 17.0 Å². The van der Waals surface area contributed by atoms with Crippen molar-refractivity contribution in [3.05, 3.63) is 50.6 Å². The van der Waals surface area contributed by atoms with Crippen LogP contribution in [0.1, 0.15) is 21.3 Å². The Balaban J connectivity index is 2.04. The summed E-state index contributed by atoms with van der Waals surface area (Å²) in [5.41, 5.74) is 0.608. The van der Waals surface area contributed by atoms with Gasteiger partial charge in [-0.2, -0.15) is 0 Å². The van der Waals surface area contributed by atoms with E-state index in [0.717, 1.165) is 4.47 Å². The molecule has 2 rings (SSSR count). The van der Waals surface area contributed by atoms with Gasteiger partial charge in [-0.3, -0.25) is 4.79 Å². The van der Waals surface area contributed by atoms with Gasteiger partial charge >= 0.3 is 0 Å². The summed E-state index contributed by atoms with van der Waals surface area (Å²) in [6.45, 7) is 0.565. The monoisotopic (exact) mass is 382 g/mol. The Hall–Kier alpha value is -1.37. The molecule has 2 aromatic rings. The maximum Gasteiger partial charge on any atom is 0.251 e. The highest BCUT2D eigenvalue weighted by Gasteiger charge is 2.17. The van der Waals surface area contributed by atoms with Gasteiger partial charge < -0.3 is 15.0 Å². The summed E-state index contributed by atoms with van der Waals surface area (Å²) in [7, 11) is 5.63. The molecular formula is C16H19BrN2O2S. The van der Waals surface area contributed by atoms with E-state index >= 15 is 0 Å². The Morgan fingerprint density at radius 2 is 2.18 bits per heavy atom. The molecule has 0 fully saturated rings. The molecule has 1 aromatic heterocycles. The average Bonchev–Trinajstić information content (AvgIpc) is 3.00. The minimum Gasteiger partial charge on any atom is -0.496 e. The van der Waals surface area contributed by atoms with E-state index in [4.69, 9.17) is 4.74 Å². The molecule has 0 bridgehead atoms. The predicted octanol–water partition coefficient (Wildman–Crippen LogP) is 3.55. The van der Waals surface area contributed by atoms with Crippen molar-refractivity contribution in [1.29, 1.82) is 0 Å². The fourth-order valence-corrected chi connectivity index (χ4v) is 3.58. The molecule has 1 amide bonds. The maximum absolute atomic E-state index is 12.3. The Morgan fingerprint density at radius 1 is 1.41 bits per heavy atom. The van der Waals surface area contributed by atoms with Crippen LogP contribution < -0.4 is 10.1 Å². The van der Waals surface area contributed by atoms with Crippen LogP contribution >= 0.6 is 27.3 Å². The highest BCUT2D eigenvalue weighted by atomic mass is 79.9. The molecule has 0 aliphatic rings. The van der Waals surface area contributed by atoms with Gasteiger partial charge in [0.1, 0.15) is 5.75 Å². The molecule has 0 aliphatic heterocycles. The van der Waals surface area contributed by atoms with Crippen molar-refractivity contribution in [3.8, 4) is 5.75 Å². The van der Waals surface area contributed by atoms with Crippen LogP contribution in [0.5, 0.6) is 5.75 Å². The van der Waals surface area contributed by atoms with Crippen molar-refractivity contribution >= 4 is 33.2 Å². The van der Waals surface area contributed by atoms with Crippen LogP contribution in [0.2, 0.25) is 0 Å². The SMILES string of the molecule is COc1ccc(C(=O)NC[C@@H](c2cccs2)N(C)C)cc1Br. The Bertz CT molecular complexity index is 629. The number of nitrogens with one attached hydrogen (secondary N) is 1. The van der Waals surface area contributed by atoms with Crippen molar-refractivity contribution in [2.24, 2.45) is 0 Å². The smallest absolute Gasteiger partial charge is 0.251 e. The molecule has 0 unspecified atom stereocenters. The molecular weight excluding hydrogens is 364 g/mol. The van der Waals surface area contributed by atoms with Gasteiger partial charge in [-0.1, -0.05) is 6.07 Å². The first-order valence-electron chi connectivity index (χ1n) is 6.84. The second kappa shape index (κ2) is 7.76. The lowest BCUT2D eigenvalue weighted by Gasteiger charge is -2.23. The van der Waals surface area contributed by atoms with Crippen LogP contribution in [-0.4, -0.2) is 38.6 Å². The number of carbonyl (C=O) groups excluding carboxylic acids is 1. The van der Waals surface area contributed by atoms with Gasteiger partial charge in [0.15, 0.2) is 0 Å². The van der Waals surface area contributed by atoms with E-state index < -0.39 is 0 Å². The van der Waals surface area contributed by atoms with E-state index in [2.05, 4.69) is 32.2 Å². The Labute approximate surface area is 143 Å². The summed E-state index contributed by atoms with van der Waals surface area (Å²) < 4.78 is 5.94. The van der Waals surface area contributed by atoms with Crippen molar-refractivity contribution in [2.75, 3.05) is 27.7 Å². The summed E-state index contributed by atoms with van der Waals surface area (Å²) in [5, 5.41) is 5.05. The molecule has 118 valence electrons. The van der Waals surface area contributed by atoms with E-state index in [1.807, 2.05) is 25.5 Å². The van der Waals surface area contributed by atoms with E-state index in [-0.39, 0.29) is 11.9 Å². The average molecular weight is 383 g/mol. The van der Waals surface area contributed by atoms with Crippen molar-refractivity contribution in [2.45, 2.75) is 6.04 Å². The zero-order valence-electron chi connectivity index (χ0n) is 12.8. The van der Waals surface area contributed by atoms with E-state index in [1.54, 1.807) is 36.6 Å². The van der Waals surface area contributed by atoms with Gasteiger partial charge in [-0.05, 0) is 59.7 Å². The van der Waals surface area contributed by atoms with Crippen LogP contribution in [0.3, 0.4) is 0 Å². The second-order valence-corrected chi connectivity index (χ2v) is 6.89. The normalized spacial score (nSPS) is 12.2. The van der Waals surface area contributed by atoms with Gasteiger partial charge in [-0.15, -0.1) is 11.3 Å². The van der Waals surface area contributed by atoms with Gasteiger partial charge in [-0.25, -0.2) is 0 Å². The molecule has 1 N–H and O–H groups in total. The van der Waals surface area contributed by atoms with E-state index in [0.29, 0.717) is 17.9 Å². The Kier molecular flexibility index (Phi) is 5.99. The van der Waals surface area contributed by atoms with Gasteiger partial charge in [0.2, 0.25) is 0 Å². The van der Waals surface area contributed by atoms with Crippen molar-refractivity contribution < 1.29 is 9.53 Å². The largest absolute Gasteiger partial charge is 0.496 e. The number of hydrogen-bond donors (Lipinski definition) is 1. The number of benzene rings is 1. The summed E-state index contributed by atoms with van der Waals surface area (Å²) in [6, 6.07) is 9.59. The van der Waals surface area contributed by atoms with E-state index in [1.165, 1.54) is 4.88 Å². The second-order valence-electron chi connectivity index (χ2n) is 5.05. The molecule has 1 atom stereocenters. The molecule has 0 spiro atoms. The first kappa shape index (κ1) is 17.0. The summed E-state index contributed by atoms with van der Waals surface area (Å²) in [5.74, 6) is 0.619. The number of ether oxygens (including phenoxy) is 1. The first-order valence-corrected chi connectivity index (χ1v) is 8.51. The highest BCUT2D eigenvalue weighted by molar-refractivity contribution is 9.10. The van der Waals surface area contributed by atoms with Crippen LogP contribution in [0.4, 0.5) is 0 Å².